The first-order valence-electron chi connectivity index (χ1n) is 5.91. The Bertz CT molecular complexity index is 477. The van der Waals surface area contributed by atoms with E-state index in [0.29, 0.717) is 0 Å². The monoisotopic (exact) mass is 214 g/mol. The molecule has 0 radical (unpaired) electrons. The molecule has 0 aliphatic heterocycles. The van der Waals surface area contributed by atoms with Gasteiger partial charge in [-0.15, -0.1) is 0 Å². The summed E-state index contributed by atoms with van der Waals surface area (Å²) in [6, 6.07) is 10.5. The average Bonchev–Trinajstić information content (AvgIpc) is 2.30. The van der Waals surface area contributed by atoms with Crippen LogP contribution in [0.4, 0.5) is 5.82 Å². The van der Waals surface area contributed by atoms with E-state index < -0.39 is 0 Å². The molecule has 0 saturated carbocycles. The quantitative estimate of drug-likeness (QED) is 0.784. The molecule has 0 amide bonds. The fourth-order valence-corrected chi connectivity index (χ4v) is 1.79. The molecule has 0 fully saturated rings. The van der Waals surface area contributed by atoms with Crippen molar-refractivity contribution in [3.8, 4) is 0 Å². The number of hydrogen-bond acceptors (Lipinski definition) is 2. The molecule has 0 atom stereocenters. The Hall–Kier alpha value is -1.57. The van der Waals surface area contributed by atoms with Crippen LogP contribution in [0, 0.1) is 6.92 Å². The van der Waals surface area contributed by atoms with Crippen LogP contribution >= 0.6 is 0 Å². The third kappa shape index (κ3) is 2.32. The number of para-hydroxylation sites is 1. The molecular formula is C14H18N2. The van der Waals surface area contributed by atoms with Crippen molar-refractivity contribution >= 4 is 16.7 Å². The van der Waals surface area contributed by atoms with Gasteiger partial charge in [-0.3, -0.25) is 0 Å². The van der Waals surface area contributed by atoms with Crippen molar-refractivity contribution in [3.05, 3.63) is 35.9 Å². The van der Waals surface area contributed by atoms with Crippen molar-refractivity contribution in [3.63, 3.8) is 0 Å². The zero-order valence-corrected chi connectivity index (χ0v) is 9.96. The SMILES string of the molecule is CCCCNc1ccc2cccc(C)c2n1. The molecular weight excluding hydrogens is 196 g/mol. The second-order valence-corrected chi connectivity index (χ2v) is 4.12. The van der Waals surface area contributed by atoms with E-state index in [1.54, 1.807) is 0 Å². The molecule has 0 bridgehead atoms. The number of fused-ring (bicyclic) bond motifs is 1. The molecule has 2 heteroatoms. The minimum atomic E-state index is 0.982. The number of unbranched alkanes of at least 4 members (excludes halogenated alkanes) is 1. The van der Waals surface area contributed by atoms with E-state index in [0.717, 1.165) is 17.9 Å². The van der Waals surface area contributed by atoms with Crippen molar-refractivity contribution in [1.29, 1.82) is 0 Å². The summed E-state index contributed by atoms with van der Waals surface area (Å²) < 4.78 is 0. The smallest absolute Gasteiger partial charge is 0.126 e. The molecule has 0 aliphatic rings. The maximum atomic E-state index is 4.64. The van der Waals surface area contributed by atoms with E-state index in [1.807, 2.05) is 0 Å². The Labute approximate surface area is 96.7 Å². The van der Waals surface area contributed by atoms with E-state index in [-0.39, 0.29) is 0 Å². The van der Waals surface area contributed by atoms with Crippen LogP contribution in [0.15, 0.2) is 30.3 Å². The lowest BCUT2D eigenvalue weighted by molar-refractivity contribution is 0.831. The minimum Gasteiger partial charge on any atom is -0.370 e. The molecule has 0 saturated heterocycles. The molecule has 84 valence electrons. The molecule has 1 aromatic carbocycles. The highest BCUT2D eigenvalue weighted by Crippen LogP contribution is 2.18. The summed E-state index contributed by atoms with van der Waals surface area (Å²) >= 11 is 0. The van der Waals surface area contributed by atoms with Crippen LogP contribution in [0.5, 0.6) is 0 Å². The van der Waals surface area contributed by atoms with Gasteiger partial charge in [-0.1, -0.05) is 31.5 Å². The molecule has 1 N–H and O–H groups in total. The van der Waals surface area contributed by atoms with E-state index in [4.69, 9.17) is 0 Å². The van der Waals surface area contributed by atoms with Gasteiger partial charge in [0, 0.05) is 11.9 Å². The number of anilines is 1. The van der Waals surface area contributed by atoms with Gasteiger partial charge < -0.3 is 5.32 Å². The van der Waals surface area contributed by atoms with Crippen LogP contribution in [0.25, 0.3) is 10.9 Å². The normalized spacial score (nSPS) is 10.6. The Morgan fingerprint density at radius 2 is 2.06 bits per heavy atom. The molecule has 1 heterocycles. The molecule has 1 aromatic heterocycles. The van der Waals surface area contributed by atoms with Gasteiger partial charge in [0.1, 0.15) is 5.82 Å². The van der Waals surface area contributed by atoms with Gasteiger partial charge in [0.2, 0.25) is 0 Å². The molecule has 0 spiro atoms. The van der Waals surface area contributed by atoms with Crippen LogP contribution in [0.1, 0.15) is 25.3 Å². The summed E-state index contributed by atoms with van der Waals surface area (Å²) in [6.45, 7) is 5.30. The highest BCUT2D eigenvalue weighted by Gasteiger charge is 1.99. The summed E-state index contributed by atoms with van der Waals surface area (Å²) in [7, 11) is 0. The second kappa shape index (κ2) is 4.97. The number of nitrogens with zero attached hydrogens (tertiary/aromatic N) is 1. The molecule has 0 unspecified atom stereocenters. The van der Waals surface area contributed by atoms with Crippen molar-refractivity contribution in [2.75, 3.05) is 11.9 Å². The predicted molar refractivity (Wildman–Crippen MR) is 69.9 cm³/mol. The standard InChI is InChI=1S/C14H18N2/c1-3-4-10-15-13-9-8-12-7-5-6-11(2)14(12)16-13/h5-9H,3-4,10H2,1-2H3,(H,15,16). The van der Waals surface area contributed by atoms with Crippen LogP contribution < -0.4 is 5.32 Å². The van der Waals surface area contributed by atoms with E-state index in [2.05, 4.69) is 54.5 Å². The molecule has 2 rings (SSSR count). The largest absolute Gasteiger partial charge is 0.370 e. The third-order valence-corrected chi connectivity index (χ3v) is 2.76. The number of hydrogen-bond donors (Lipinski definition) is 1. The maximum absolute atomic E-state index is 4.64. The number of aromatic nitrogens is 1. The van der Waals surface area contributed by atoms with Crippen molar-refractivity contribution in [1.82, 2.24) is 4.98 Å². The molecule has 2 nitrogen and oxygen atoms in total. The first-order valence-corrected chi connectivity index (χ1v) is 5.91. The fraction of sp³-hybridized carbons (Fsp3) is 0.357. The Morgan fingerprint density at radius 3 is 2.88 bits per heavy atom. The topological polar surface area (TPSA) is 24.9 Å². The molecule has 16 heavy (non-hydrogen) atoms. The van der Waals surface area contributed by atoms with Crippen molar-refractivity contribution in [2.45, 2.75) is 26.7 Å². The highest BCUT2D eigenvalue weighted by atomic mass is 15.0. The number of aryl methyl sites for hydroxylation is 1. The van der Waals surface area contributed by atoms with Gasteiger partial charge in [-0.2, -0.15) is 0 Å². The second-order valence-electron chi connectivity index (χ2n) is 4.12. The maximum Gasteiger partial charge on any atom is 0.126 e. The highest BCUT2D eigenvalue weighted by molar-refractivity contribution is 5.83. The summed E-state index contributed by atoms with van der Waals surface area (Å²) in [5.41, 5.74) is 2.33. The Morgan fingerprint density at radius 1 is 1.19 bits per heavy atom. The van der Waals surface area contributed by atoms with Gasteiger partial charge in [0.15, 0.2) is 0 Å². The van der Waals surface area contributed by atoms with E-state index in [1.165, 1.54) is 23.8 Å². The van der Waals surface area contributed by atoms with Gasteiger partial charge >= 0.3 is 0 Å². The zero-order chi connectivity index (χ0) is 11.4. The summed E-state index contributed by atoms with van der Waals surface area (Å²) in [5, 5.41) is 4.56. The summed E-state index contributed by atoms with van der Waals surface area (Å²) in [6.07, 6.45) is 2.40. The number of benzene rings is 1. The number of rotatable bonds is 4. The molecule has 2 aromatic rings. The van der Waals surface area contributed by atoms with Gasteiger partial charge in [-0.25, -0.2) is 4.98 Å². The van der Waals surface area contributed by atoms with Crippen LogP contribution in [0.3, 0.4) is 0 Å². The number of nitrogens with one attached hydrogen (secondary N) is 1. The Kier molecular flexibility index (Phi) is 3.40. The first kappa shape index (κ1) is 10.9. The van der Waals surface area contributed by atoms with E-state index in [9.17, 15) is 0 Å². The van der Waals surface area contributed by atoms with Gasteiger partial charge in [0.05, 0.1) is 5.52 Å². The lowest BCUT2D eigenvalue weighted by atomic mass is 10.1. The van der Waals surface area contributed by atoms with Gasteiger partial charge in [-0.05, 0) is 31.0 Å². The average molecular weight is 214 g/mol. The fourth-order valence-electron chi connectivity index (χ4n) is 1.79. The van der Waals surface area contributed by atoms with Crippen LogP contribution in [-0.4, -0.2) is 11.5 Å². The van der Waals surface area contributed by atoms with Gasteiger partial charge in [0.25, 0.3) is 0 Å². The minimum absolute atomic E-state index is 0.982. The van der Waals surface area contributed by atoms with Crippen molar-refractivity contribution in [2.24, 2.45) is 0 Å². The summed E-state index contributed by atoms with van der Waals surface area (Å²) in [4.78, 5) is 4.64. The predicted octanol–water partition coefficient (Wildman–Crippen LogP) is 3.76. The summed E-state index contributed by atoms with van der Waals surface area (Å²) in [5.74, 6) is 0.982. The van der Waals surface area contributed by atoms with E-state index >= 15 is 0 Å². The zero-order valence-electron chi connectivity index (χ0n) is 9.96. The lowest BCUT2D eigenvalue weighted by Crippen LogP contribution is -2.02. The number of pyridine rings is 1. The Balaban J connectivity index is 2.25. The van der Waals surface area contributed by atoms with Crippen LogP contribution in [0.2, 0.25) is 0 Å². The first-order chi connectivity index (χ1) is 7.81. The third-order valence-electron chi connectivity index (χ3n) is 2.76. The van der Waals surface area contributed by atoms with Crippen molar-refractivity contribution < 1.29 is 0 Å². The molecule has 0 aliphatic carbocycles. The van der Waals surface area contributed by atoms with Crippen LogP contribution in [-0.2, 0) is 0 Å². The lowest BCUT2D eigenvalue weighted by Gasteiger charge is -2.07.